The van der Waals surface area contributed by atoms with E-state index < -0.39 is 5.91 Å². The van der Waals surface area contributed by atoms with Gasteiger partial charge in [-0.15, -0.1) is 0 Å². The highest BCUT2D eigenvalue weighted by atomic mass is 32.2. The molecule has 1 aliphatic heterocycles. The average Bonchev–Trinajstić information content (AvgIpc) is 2.57. The molecule has 86 valence electrons. The zero-order chi connectivity index (χ0) is 12.1. The van der Waals surface area contributed by atoms with Crippen molar-refractivity contribution in [3.05, 3.63) is 22.6 Å². The number of rotatable bonds is 4. The maximum atomic E-state index is 11.4. The van der Waals surface area contributed by atoms with Gasteiger partial charge in [-0.25, -0.2) is 4.99 Å². The second-order valence-corrected chi connectivity index (χ2v) is 4.22. The van der Waals surface area contributed by atoms with Crippen LogP contribution in [0.3, 0.4) is 0 Å². The molecule has 0 unspecified atom stereocenters. The van der Waals surface area contributed by atoms with Gasteiger partial charge in [0.2, 0.25) is 0 Å². The van der Waals surface area contributed by atoms with Gasteiger partial charge in [0.15, 0.2) is 0 Å². The molecule has 0 saturated carbocycles. The van der Waals surface area contributed by atoms with E-state index >= 15 is 0 Å². The molecule has 1 rings (SSSR count). The monoisotopic (exact) mass is 238 g/mol. The Labute approximate surface area is 98.7 Å². The summed E-state index contributed by atoms with van der Waals surface area (Å²) in [6, 6.07) is 0. The molecule has 0 aromatic rings. The quantitative estimate of drug-likeness (QED) is 0.759. The van der Waals surface area contributed by atoms with Crippen LogP contribution in [0.5, 0.6) is 0 Å². The zero-order valence-corrected chi connectivity index (χ0v) is 10.1. The smallest absolute Gasteiger partial charge is 0.284 e. The van der Waals surface area contributed by atoms with Gasteiger partial charge in [-0.1, -0.05) is 37.8 Å². The molecule has 2 N–H and O–H groups in total. The van der Waals surface area contributed by atoms with E-state index in [9.17, 15) is 9.59 Å². The molecule has 0 aromatic carbocycles. The zero-order valence-electron chi connectivity index (χ0n) is 9.32. The van der Waals surface area contributed by atoms with Crippen LogP contribution in [-0.4, -0.2) is 16.9 Å². The Balaban J connectivity index is 2.96. The molecule has 4 nitrogen and oxygen atoms in total. The van der Waals surface area contributed by atoms with Gasteiger partial charge in [0, 0.05) is 0 Å². The number of hydrogen-bond acceptors (Lipinski definition) is 3. The summed E-state index contributed by atoms with van der Waals surface area (Å²) >= 11 is 1.21. The maximum Gasteiger partial charge on any atom is 0.284 e. The molecule has 0 aromatic heterocycles. The Kier molecular flexibility index (Phi) is 4.49. The summed E-state index contributed by atoms with van der Waals surface area (Å²) in [7, 11) is 0. The van der Waals surface area contributed by atoms with Crippen molar-refractivity contribution in [3.63, 3.8) is 0 Å². The number of hydrogen-bond donors (Lipinski definition) is 1. The van der Waals surface area contributed by atoms with Gasteiger partial charge < -0.3 is 5.73 Å². The molecule has 0 spiro atoms. The molecule has 0 atom stereocenters. The second kappa shape index (κ2) is 5.65. The summed E-state index contributed by atoms with van der Waals surface area (Å²) in [4.78, 5) is 27.0. The van der Waals surface area contributed by atoms with Crippen LogP contribution in [0.1, 0.15) is 26.7 Å². The summed E-state index contributed by atoms with van der Waals surface area (Å²) in [6.45, 7) is 3.84. The lowest BCUT2D eigenvalue weighted by atomic mass is 10.2. The summed E-state index contributed by atoms with van der Waals surface area (Å²) in [5.74, 6) is -0.830. The van der Waals surface area contributed by atoms with E-state index in [0.29, 0.717) is 21.9 Å². The number of primary amides is 1. The van der Waals surface area contributed by atoms with Gasteiger partial charge in [0.05, 0.1) is 10.5 Å². The molecule has 1 aliphatic rings. The Bertz CT molecular complexity index is 408. The summed E-state index contributed by atoms with van der Waals surface area (Å²) in [5.41, 5.74) is 5.57. The van der Waals surface area contributed by atoms with Crippen molar-refractivity contribution < 1.29 is 9.59 Å². The number of nitrogens with two attached hydrogens (primary N) is 1. The minimum Gasteiger partial charge on any atom is -0.366 e. The van der Waals surface area contributed by atoms with Gasteiger partial charge in [0.25, 0.3) is 11.8 Å². The van der Waals surface area contributed by atoms with E-state index in [1.165, 1.54) is 11.8 Å². The number of amides is 2. The fourth-order valence-corrected chi connectivity index (χ4v) is 2.26. The number of nitrogens with zero attached hydrogens (tertiary/aromatic N) is 1. The Morgan fingerprint density at radius 2 is 2.12 bits per heavy atom. The highest BCUT2D eigenvalue weighted by Gasteiger charge is 2.25. The normalized spacial score (nSPS) is 19.1. The second-order valence-electron chi connectivity index (χ2n) is 3.19. The van der Waals surface area contributed by atoms with E-state index in [2.05, 4.69) is 4.99 Å². The molecule has 16 heavy (non-hydrogen) atoms. The Morgan fingerprint density at radius 1 is 1.44 bits per heavy atom. The standard InChI is InChI=1S/C11H14N2O2S/c1-3-5-7(9(12)14)11-13-10(15)8(16-11)6-4-2/h5-6H,3-4H2,1-2H3,(H2,12,14)/b7-5+,8-6-. The van der Waals surface area contributed by atoms with Crippen LogP contribution < -0.4 is 5.73 Å². The Hall–Kier alpha value is -1.36. The summed E-state index contributed by atoms with van der Waals surface area (Å²) in [5, 5.41) is 0.416. The largest absolute Gasteiger partial charge is 0.366 e. The van der Waals surface area contributed by atoms with Crippen molar-refractivity contribution in [1.82, 2.24) is 0 Å². The molecule has 5 heteroatoms. The Morgan fingerprint density at radius 3 is 2.62 bits per heavy atom. The number of carbonyl (C=O) groups is 2. The van der Waals surface area contributed by atoms with E-state index in [-0.39, 0.29) is 5.91 Å². The van der Waals surface area contributed by atoms with Crippen LogP contribution in [0, 0.1) is 0 Å². The van der Waals surface area contributed by atoms with Crippen LogP contribution in [0.25, 0.3) is 0 Å². The van der Waals surface area contributed by atoms with Crippen molar-refractivity contribution >= 4 is 28.6 Å². The topological polar surface area (TPSA) is 72.5 Å². The number of allylic oxidation sites excluding steroid dienone is 2. The number of thioether (sulfide) groups is 1. The lowest BCUT2D eigenvalue weighted by Crippen LogP contribution is -2.18. The van der Waals surface area contributed by atoms with Crippen LogP contribution >= 0.6 is 11.8 Å². The van der Waals surface area contributed by atoms with Gasteiger partial charge >= 0.3 is 0 Å². The highest BCUT2D eigenvalue weighted by Crippen LogP contribution is 2.30. The predicted molar refractivity (Wildman–Crippen MR) is 66.0 cm³/mol. The van der Waals surface area contributed by atoms with Crippen molar-refractivity contribution in [1.29, 1.82) is 0 Å². The van der Waals surface area contributed by atoms with Crippen LogP contribution in [0.4, 0.5) is 0 Å². The fraction of sp³-hybridized carbons (Fsp3) is 0.364. The molecule has 2 amide bonds. The van der Waals surface area contributed by atoms with Crippen molar-refractivity contribution in [2.45, 2.75) is 26.7 Å². The third-order valence-corrected chi connectivity index (χ3v) is 2.98. The first-order valence-corrected chi connectivity index (χ1v) is 5.93. The van der Waals surface area contributed by atoms with Crippen LogP contribution in [0.15, 0.2) is 27.6 Å². The maximum absolute atomic E-state index is 11.4. The van der Waals surface area contributed by atoms with E-state index in [0.717, 1.165) is 6.42 Å². The van der Waals surface area contributed by atoms with Crippen LogP contribution in [0.2, 0.25) is 0 Å². The molecule has 0 bridgehead atoms. The number of aliphatic imine (C=N–C) groups is 1. The summed E-state index contributed by atoms with van der Waals surface area (Å²) < 4.78 is 0. The van der Waals surface area contributed by atoms with Crippen LogP contribution in [-0.2, 0) is 9.59 Å². The van der Waals surface area contributed by atoms with Crippen molar-refractivity contribution in [3.8, 4) is 0 Å². The third-order valence-electron chi connectivity index (χ3n) is 1.91. The van der Waals surface area contributed by atoms with E-state index in [4.69, 9.17) is 5.73 Å². The first-order valence-electron chi connectivity index (χ1n) is 5.11. The SMILES string of the molecule is CC/C=C1\SC(/C(=C/CC)C(N)=O)=NC1=O. The summed E-state index contributed by atoms with van der Waals surface area (Å²) in [6.07, 6.45) is 4.93. The van der Waals surface area contributed by atoms with Crippen molar-refractivity contribution in [2.24, 2.45) is 10.7 Å². The fourth-order valence-electron chi connectivity index (χ4n) is 1.24. The third kappa shape index (κ3) is 2.82. The lowest BCUT2D eigenvalue weighted by Gasteiger charge is -2.00. The average molecular weight is 238 g/mol. The first-order chi connectivity index (χ1) is 7.60. The van der Waals surface area contributed by atoms with Crippen molar-refractivity contribution in [2.75, 3.05) is 0 Å². The highest BCUT2D eigenvalue weighted by molar-refractivity contribution is 8.19. The lowest BCUT2D eigenvalue weighted by molar-refractivity contribution is -0.114. The minimum absolute atomic E-state index is 0.287. The minimum atomic E-state index is -0.543. The van der Waals surface area contributed by atoms with Gasteiger partial charge in [-0.3, -0.25) is 9.59 Å². The van der Waals surface area contributed by atoms with Gasteiger partial charge in [-0.2, -0.15) is 0 Å². The predicted octanol–water partition coefficient (Wildman–Crippen LogP) is 1.77. The molecule has 0 radical (unpaired) electrons. The molecule has 0 aliphatic carbocycles. The first kappa shape index (κ1) is 12.7. The van der Waals surface area contributed by atoms with Gasteiger partial charge in [-0.05, 0) is 12.8 Å². The van der Waals surface area contributed by atoms with Gasteiger partial charge in [0.1, 0.15) is 5.04 Å². The molecular formula is C11H14N2O2S. The molecule has 0 fully saturated rings. The van der Waals surface area contributed by atoms with E-state index in [1.807, 2.05) is 13.8 Å². The molecular weight excluding hydrogens is 224 g/mol. The number of carbonyl (C=O) groups excluding carboxylic acids is 2. The van der Waals surface area contributed by atoms with E-state index in [1.54, 1.807) is 12.2 Å². The molecule has 1 heterocycles. The molecule has 0 saturated heterocycles.